The van der Waals surface area contributed by atoms with Crippen LogP contribution in [0.4, 0.5) is 0 Å². The topological polar surface area (TPSA) is 136 Å². The molecule has 0 bridgehead atoms. The van der Waals surface area contributed by atoms with E-state index >= 15 is 0 Å². The summed E-state index contributed by atoms with van der Waals surface area (Å²) in [6.45, 7) is 0. The van der Waals surface area contributed by atoms with Gasteiger partial charge in [-0.15, -0.1) is 0 Å². The zero-order chi connectivity index (χ0) is 18.8. The standard InChI is InChI=1S/C20H8N4O2/c21-7-11(8-22)19-15-3-1-13(25)5-17(15)20(12(9-23)10-24)16-4-2-14(26)6-18(16)19/h1-6,25-26H. The number of phenols is 2. The number of hydrogen-bond acceptors (Lipinski definition) is 6. The maximum absolute atomic E-state index is 9.89. The minimum atomic E-state index is -0.182. The molecule has 0 aliphatic rings. The molecule has 0 unspecified atom stereocenters. The molecule has 0 spiro atoms. The minimum absolute atomic E-state index is 0.0893. The number of phenolic OH excluding ortho intramolecular Hbond substituents is 2. The highest BCUT2D eigenvalue weighted by molar-refractivity contribution is 6.06. The Labute approximate surface area is 147 Å². The molecule has 0 fully saturated rings. The second-order valence-electron chi connectivity index (χ2n) is 5.41. The molecular formula is C20H8N4O2. The van der Waals surface area contributed by atoms with Gasteiger partial charge in [-0.05, 0) is 57.9 Å². The zero-order valence-electron chi connectivity index (χ0n) is 13.1. The van der Waals surface area contributed by atoms with Crippen molar-refractivity contribution in [2.45, 2.75) is 0 Å². The van der Waals surface area contributed by atoms with Crippen molar-refractivity contribution in [1.29, 1.82) is 21.0 Å². The summed E-state index contributed by atoms with van der Waals surface area (Å²) in [5.41, 5.74) is -0.364. The summed E-state index contributed by atoms with van der Waals surface area (Å²) >= 11 is 0. The summed E-state index contributed by atoms with van der Waals surface area (Å²) < 4.78 is 0. The largest absolute Gasteiger partial charge is 0.508 e. The highest BCUT2D eigenvalue weighted by Gasteiger charge is 2.13. The Kier molecular flexibility index (Phi) is 3.88. The fourth-order valence-corrected chi connectivity index (χ4v) is 3.02. The number of hydrogen-bond donors (Lipinski definition) is 2. The van der Waals surface area contributed by atoms with E-state index in [-0.39, 0.29) is 33.1 Å². The molecule has 2 N–H and O–H groups in total. The van der Waals surface area contributed by atoms with E-state index in [1.165, 1.54) is 36.4 Å². The van der Waals surface area contributed by atoms with Gasteiger partial charge in [-0.3, -0.25) is 0 Å². The van der Waals surface area contributed by atoms with Crippen LogP contribution in [0.2, 0.25) is 0 Å². The van der Waals surface area contributed by atoms with E-state index in [0.717, 1.165) is 0 Å². The Bertz CT molecular complexity index is 1250. The van der Waals surface area contributed by atoms with Crippen LogP contribution in [0.1, 0.15) is 0 Å². The fourth-order valence-electron chi connectivity index (χ4n) is 3.02. The molecule has 3 rings (SSSR count). The molecular weight excluding hydrogens is 328 g/mol. The fraction of sp³-hybridized carbons (Fsp3) is 0. The number of nitriles is 4. The number of fused-ring (bicyclic) bond motifs is 2. The molecule has 0 radical (unpaired) electrons. The first-order valence-corrected chi connectivity index (χ1v) is 7.32. The van der Waals surface area contributed by atoms with Gasteiger partial charge in [0.2, 0.25) is 0 Å². The number of aromatic hydroxyl groups is 2. The van der Waals surface area contributed by atoms with Gasteiger partial charge in [0, 0.05) is 10.4 Å². The number of benzene rings is 3. The molecule has 0 atom stereocenters. The van der Waals surface area contributed by atoms with Crippen molar-refractivity contribution in [3.05, 3.63) is 46.8 Å². The molecule has 0 aromatic heterocycles. The smallest absolute Gasteiger partial charge is 0.138 e. The minimum Gasteiger partial charge on any atom is -0.508 e. The third kappa shape index (κ3) is 2.33. The molecule has 0 saturated carbocycles. The van der Waals surface area contributed by atoms with E-state index in [1.54, 1.807) is 0 Å². The van der Waals surface area contributed by atoms with Crippen LogP contribution in [0, 0.1) is 45.3 Å². The lowest BCUT2D eigenvalue weighted by molar-refractivity contribution is 0.475. The number of rotatable bonds is 0. The zero-order valence-corrected chi connectivity index (χ0v) is 13.1. The first-order chi connectivity index (χ1) is 12.5. The van der Waals surface area contributed by atoms with Crippen LogP contribution in [-0.2, 0) is 0 Å². The average Bonchev–Trinajstić information content (AvgIpc) is 2.64. The third-order valence-electron chi connectivity index (χ3n) is 4.03. The maximum atomic E-state index is 9.89. The highest BCUT2D eigenvalue weighted by Crippen LogP contribution is 2.22. The second-order valence-corrected chi connectivity index (χ2v) is 5.41. The van der Waals surface area contributed by atoms with Crippen LogP contribution in [0.5, 0.6) is 11.5 Å². The van der Waals surface area contributed by atoms with Crippen molar-refractivity contribution in [2.24, 2.45) is 0 Å². The molecule has 0 aliphatic heterocycles. The molecule has 0 heterocycles. The van der Waals surface area contributed by atoms with Gasteiger partial charge in [-0.1, -0.05) is 0 Å². The molecule has 6 nitrogen and oxygen atoms in total. The predicted octanol–water partition coefficient (Wildman–Crippen LogP) is 1.80. The van der Waals surface area contributed by atoms with E-state index < -0.39 is 0 Å². The average molecular weight is 336 g/mol. The second kappa shape index (κ2) is 6.17. The molecule has 0 amide bonds. The molecule has 0 saturated heterocycles. The summed E-state index contributed by atoms with van der Waals surface area (Å²) in [6, 6.07) is 15.9. The SMILES string of the molecule is N#CC(C#N)=c1c2ccc(O)cc2c(=C(C#N)C#N)c2ccc(O)cc12. The summed E-state index contributed by atoms with van der Waals surface area (Å²) in [4.78, 5) is 0. The summed E-state index contributed by atoms with van der Waals surface area (Å²) in [5.74, 6) is -0.179. The first kappa shape index (κ1) is 16.3. The van der Waals surface area contributed by atoms with Crippen LogP contribution in [0.3, 0.4) is 0 Å². The molecule has 26 heavy (non-hydrogen) atoms. The van der Waals surface area contributed by atoms with E-state index in [0.29, 0.717) is 21.5 Å². The predicted molar refractivity (Wildman–Crippen MR) is 93.3 cm³/mol. The van der Waals surface area contributed by atoms with E-state index in [2.05, 4.69) is 0 Å². The van der Waals surface area contributed by atoms with E-state index in [9.17, 15) is 31.3 Å². The van der Waals surface area contributed by atoms with Crippen LogP contribution in [-0.4, -0.2) is 10.2 Å². The van der Waals surface area contributed by atoms with E-state index in [1.807, 2.05) is 24.3 Å². The van der Waals surface area contributed by atoms with Crippen molar-refractivity contribution >= 4 is 32.7 Å². The van der Waals surface area contributed by atoms with E-state index in [4.69, 9.17) is 0 Å². The molecule has 3 aromatic carbocycles. The Morgan fingerprint density at radius 1 is 0.577 bits per heavy atom. The molecule has 0 aliphatic carbocycles. The molecule has 3 aromatic rings. The van der Waals surface area contributed by atoms with Crippen LogP contribution in [0.25, 0.3) is 32.7 Å². The van der Waals surface area contributed by atoms with Crippen LogP contribution >= 0.6 is 0 Å². The maximum Gasteiger partial charge on any atom is 0.138 e. The van der Waals surface area contributed by atoms with Crippen molar-refractivity contribution in [3.63, 3.8) is 0 Å². The van der Waals surface area contributed by atoms with Gasteiger partial charge >= 0.3 is 0 Å². The van der Waals surface area contributed by atoms with Gasteiger partial charge in [0.05, 0.1) is 0 Å². The Morgan fingerprint density at radius 3 is 1.23 bits per heavy atom. The summed E-state index contributed by atoms with van der Waals surface area (Å²) in [6.07, 6.45) is 0. The van der Waals surface area contributed by atoms with Crippen molar-refractivity contribution in [3.8, 4) is 35.8 Å². The summed E-state index contributed by atoms with van der Waals surface area (Å²) in [5, 5.41) is 59.3. The Morgan fingerprint density at radius 2 is 0.923 bits per heavy atom. The van der Waals surface area contributed by atoms with Crippen molar-refractivity contribution in [1.82, 2.24) is 0 Å². The normalized spacial score (nSPS) is 9.69. The van der Waals surface area contributed by atoms with Gasteiger partial charge in [-0.25, -0.2) is 0 Å². The lowest BCUT2D eigenvalue weighted by Gasteiger charge is -2.09. The Balaban J connectivity index is 2.97. The van der Waals surface area contributed by atoms with Gasteiger partial charge in [0.15, 0.2) is 0 Å². The van der Waals surface area contributed by atoms with Crippen molar-refractivity contribution < 1.29 is 10.2 Å². The van der Waals surface area contributed by atoms with Gasteiger partial charge < -0.3 is 10.2 Å². The molecule has 6 heteroatoms. The Hall–Kier alpha value is -4.52. The van der Waals surface area contributed by atoms with Gasteiger partial charge in [-0.2, -0.15) is 21.0 Å². The number of nitrogens with zero attached hydrogens (tertiary/aromatic N) is 4. The lowest BCUT2D eigenvalue weighted by Crippen LogP contribution is -2.18. The monoisotopic (exact) mass is 336 g/mol. The van der Waals surface area contributed by atoms with Crippen molar-refractivity contribution in [2.75, 3.05) is 0 Å². The molecule has 120 valence electrons. The van der Waals surface area contributed by atoms with Gasteiger partial charge in [0.1, 0.15) is 46.9 Å². The lowest BCUT2D eigenvalue weighted by atomic mass is 9.93. The quantitative estimate of drug-likeness (QED) is 0.601. The van der Waals surface area contributed by atoms with Crippen LogP contribution < -0.4 is 10.4 Å². The summed E-state index contributed by atoms with van der Waals surface area (Å²) in [7, 11) is 0. The van der Waals surface area contributed by atoms with Crippen LogP contribution in [0.15, 0.2) is 36.4 Å². The van der Waals surface area contributed by atoms with Gasteiger partial charge in [0.25, 0.3) is 0 Å². The third-order valence-corrected chi connectivity index (χ3v) is 4.03. The first-order valence-electron chi connectivity index (χ1n) is 7.32. The highest BCUT2D eigenvalue weighted by atomic mass is 16.3.